The molecule has 9 nitrogen and oxygen atoms in total. The summed E-state index contributed by atoms with van der Waals surface area (Å²) >= 11 is 11.8. The number of rotatable bonds is 5. The fourth-order valence-electron chi connectivity index (χ4n) is 4.46. The van der Waals surface area contributed by atoms with Crippen LogP contribution in [0.1, 0.15) is 29.2 Å². The Kier molecular flexibility index (Phi) is 6.14. The fourth-order valence-corrected chi connectivity index (χ4v) is 6.62. The minimum Gasteiger partial charge on any atom is -0.505 e. The number of hydrogen-bond acceptors (Lipinski definition) is 6. The van der Waals surface area contributed by atoms with Crippen molar-refractivity contribution in [1.82, 2.24) is 8.87 Å². The number of fused-ring (bicyclic) bond motifs is 1. The van der Waals surface area contributed by atoms with Gasteiger partial charge in [0.2, 0.25) is 15.5 Å². The van der Waals surface area contributed by atoms with Crippen LogP contribution < -0.4 is 10.3 Å². The molecule has 13 heteroatoms. The Morgan fingerprint density at radius 2 is 1.72 bits per heavy atom. The highest BCUT2D eigenvalue weighted by atomic mass is 35.5. The van der Waals surface area contributed by atoms with Crippen molar-refractivity contribution in [3.05, 3.63) is 62.1 Å². The van der Waals surface area contributed by atoms with Gasteiger partial charge in [-0.15, -0.1) is 0 Å². The Bertz CT molecular complexity index is 1580. The molecule has 0 spiro atoms. The standard InChI is InChI=1S/C23H20Cl2FN3O6S/c24-12-7-16(25)22(31)20(8-12)36(34,35)28-5-3-27(4-6-28)19-10-18-14(9-17(19)26)21(30)15(23(32)33)11-29(18)13-1-2-13/h7-11,13,31H,1-6H2,(H,32,33). The minimum absolute atomic E-state index is 0.00321. The SMILES string of the molecule is O=C(O)c1cn(C2CC2)c2cc(N3CCN(S(=O)(=O)c4cc(Cl)cc(Cl)c4O)CC3)c(F)cc2c1=O. The molecule has 0 radical (unpaired) electrons. The number of pyridine rings is 1. The molecule has 1 saturated heterocycles. The summed E-state index contributed by atoms with van der Waals surface area (Å²) < 4.78 is 44.3. The van der Waals surface area contributed by atoms with Crippen LogP contribution >= 0.6 is 23.2 Å². The van der Waals surface area contributed by atoms with Crippen molar-refractivity contribution in [2.45, 2.75) is 23.8 Å². The molecule has 2 fully saturated rings. The van der Waals surface area contributed by atoms with Gasteiger partial charge < -0.3 is 19.7 Å². The molecule has 2 aliphatic rings. The van der Waals surface area contributed by atoms with Gasteiger partial charge in [-0.3, -0.25) is 4.79 Å². The van der Waals surface area contributed by atoms with Crippen LogP contribution in [0.5, 0.6) is 5.75 Å². The van der Waals surface area contributed by atoms with Crippen LogP contribution in [0.3, 0.4) is 0 Å². The molecule has 1 saturated carbocycles. The average Bonchev–Trinajstić information content (AvgIpc) is 3.67. The van der Waals surface area contributed by atoms with Crippen molar-refractivity contribution in [1.29, 1.82) is 0 Å². The van der Waals surface area contributed by atoms with Gasteiger partial charge >= 0.3 is 5.97 Å². The van der Waals surface area contributed by atoms with E-state index in [1.807, 2.05) is 0 Å². The number of anilines is 1. The second-order valence-corrected chi connectivity index (χ2v) is 11.5. The third kappa shape index (κ3) is 4.19. The lowest BCUT2D eigenvalue weighted by molar-refractivity contribution is 0.0694. The van der Waals surface area contributed by atoms with Crippen LogP contribution in [0.2, 0.25) is 10.0 Å². The number of piperazine rings is 1. The molecule has 1 aliphatic heterocycles. The molecule has 0 amide bonds. The van der Waals surface area contributed by atoms with E-state index in [1.165, 1.54) is 18.3 Å². The van der Waals surface area contributed by atoms with Gasteiger partial charge in [-0.25, -0.2) is 17.6 Å². The van der Waals surface area contributed by atoms with Gasteiger partial charge in [0.1, 0.15) is 16.3 Å². The van der Waals surface area contributed by atoms with E-state index in [0.717, 1.165) is 29.3 Å². The number of phenolic OH excluding ortho intramolecular Hbond substituents is 1. The summed E-state index contributed by atoms with van der Waals surface area (Å²) in [6.45, 7) is 0.267. The summed E-state index contributed by atoms with van der Waals surface area (Å²) in [7, 11) is -4.12. The Morgan fingerprint density at radius 3 is 2.33 bits per heavy atom. The van der Waals surface area contributed by atoms with Crippen LogP contribution in [0.25, 0.3) is 10.9 Å². The molecule has 5 rings (SSSR count). The third-order valence-corrected chi connectivity index (χ3v) is 8.88. The highest BCUT2D eigenvalue weighted by Crippen LogP contribution is 2.39. The predicted molar refractivity (Wildman–Crippen MR) is 132 cm³/mol. The number of carboxylic acids is 1. The second-order valence-electron chi connectivity index (χ2n) is 8.76. The van der Waals surface area contributed by atoms with Crippen LogP contribution in [0.4, 0.5) is 10.1 Å². The molecule has 0 unspecified atom stereocenters. The average molecular weight is 556 g/mol. The summed E-state index contributed by atoms with van der Waals surface area (Å²) in [6, 6.07) is 4.95. The maximum atomic E-state index is 15.2. The van der Waals surface area contributed by atoms with E-state index in [9.17, 15) is 28.2 Å². The Hall–Kier alpha value is -2.86. The van der Waals surface area contributed by atoms with E-state index >= 15 is 4.39 Å². The number of halogens is 3. The molecule has 0 bridgehead atoms. The van der Waals surface area contributed by atoms with Crippen molar-refractivity contribution in [3.63, 3.8) is 0 Å². The number of carbonyl (C=O) groups is 1. The topological polar surface area (TPSA) is 120 Å². The van der Waals surface area contributed by atoms with E-state index in [0.29, 0.717) is 5.52 Å². The van der Waals surface area contributed by atoms with Gasteiger partial charge in [0.15, 0.2) is 5.75 Å². The van der Waals surface area contributed by atoms with Crippen LogP contribution in [0, 0.1) is 5.82 Å². The number of carboxylic acid groups (broad SMARTS) is 1. The van der Waals surface area contributed by atoms with Gasteiger partial charge in [0.05, 0.1) is 16.2 Å². The van der Waals surface area contributed by atoms with E-state index < -0.39 is 43.4 Å². The lowest BCUT2D eigenvalue weighted by Crippen LogP contribution is -2.49. The Morgan fingerprint density at radius 1 is 1.06 bits per heavy atom. The highest BCUT2D eigenvalue weighted by molar-refractivity contribution is 7.89. The van der Waals surface area contributed by atoms with Gasteiger partial charge in [-0.05, 0) is 37.1 Å². The molecule has 1 aliphatic carbocycles. The normalized spacial score (nSPS) is 17.0. The van der Waals surface area contributed by atoms with Crippen molar-refractivity contribution in [2.75, 3.05) is 31.1 Å². The Balaban J connectivity index is 1.46. The van der Waals surface area contributed by atoms with Gasteiger partial charge in [0, 0.05) is 48.8 Å². The maximum Gasteiger partial charge on any atom is 0.341 e. The number of nitrogens with zero attached hydrogens (tertiary/aromatic N) is 3. The van der Waals surface area contributed by atoms with Crippen LogP contribution in [-0.4, -0.2) is 59.7 Å². The van der Waals surface area contributed by atoms with E-state index in [1.54, 1.807) is 9.47 Å². The summed E-state index contributed by atoms with van der Waals surface area (Å²) in [5, 5.41) is 19.4. The first kappa shape index (κ1) is 24.8. The zero-order chi connectivity index (χ0) is 25.9. The first-order valence-corrected chi connectivity index (χ1v) is 13.2. The van der Waals surface area contributed by atoms with E-state index in [4.69, 9.17) is 23.2 Å². The summed E-state index contributed by atoms with van der Waals surface area (Å²) in [5.74, 6) is -2.67. The molecule has 1 aromatic heterocycles. The Labute approximate surface area is 214 Å². The number of aromatic nitrogens is 1. The predicted octanol–water partition coefficient (Wildman–Crippen LogP) is 3.70. The number of aromatic carboxylic acids is 1. The van der Waals surface area contributed by atoms with Crippen molar-refractivity contribution in [3.8, 4) is 5.75 Å². The smallest absolute Gasteiger partial charge is 0.341 e. The number of aromatic hydroxyl groups is 1. The summed E-state index contributed by atoms with van der Waals surface area (Å²) in [5.41, 5.74) is -0.553. The molecule has 2 N–H and O–H groups in total. The van der Waals surface area contributed by atoms with Gasteiger partial charge in [0.25, 0.3) is 0 Å². The molecule has 0 atom stereocenters. The number of sulfonamides is 1. The molecule has 36 heavy (non-hydrogen) atoms. The van der Waals surface area contributed by atoms with E-state index in [-0.39, 0.29) is 53.3 Å². The molecule has 2 heterocycles. The summed E-state index contributed by atoms with van der Waals surface area (Å²) in [6.07, 6.45) is 2.95. The van der Waals surface area contributed by atoms with E-state index in [2.05, 4.69) is 0 Å². The lowest BCUT2D eigenvalue weighted by atomic mass is 10.1. The van der Waals surface area contributed by atoms with Crippen LogP contribution in [-0.2, 0) is 10.0 Å². The molecular formula is C23H20Cl2FN3O6S. The quantitative estimate of drug-likeness (QED) is 0.492. The molecule has 2 aromatic carbocycles. The monoisotopic (exact) mass is 555 g/mol. The minimum atomic E-state index is -4.12. The van der Waals surface area contributed by atoms with Crippen molar-refractivity contribution >= 4 is 55.8 Å². The molecule has 190 valence electrons. The van der Waals surface area contributed by atoms with Crippen molar-refractivity contribution in [2.24, 2.45) is 0 Å². The maximum absolute atomic E-state index is 15.2. The highest BCUT2D eigenvalue weighted by Gasteiger charge is 2.33. The lowest BCUT2D eigenvalue weighted by Gasteiger charge is -2.35. The summed E-state index contributed by atoms with van der Waals surface area (Å²) in [4.78, 5) is 25.5. The number of hydrogen-bond donors (Lipinski definition) is 2. The largest absolute Gasteiger partial charge is 0.505 e. The fraction of sp³-hybridized carbons (Fsp3) is 0.304. The first-order chi connectivity index (χ1) is 17.0. The van der Waals surface area contributed by atoms with Crippen molar-refractivity contribution < 1.29 is 27.8 Å². The van der Waals surface area contributed by atoms with Gasteiger partial charge in [-0.1, -0.05) is 23.2 Å². The molecular weight excluding hydrogens is 536 g/mol. The number of phenols is 1. The zero-order valence-corrected chi connectivity index (χ0v) is 20.9. The zero-order valence-electron chi connectivity index (χ0n) is 18.6. The van der Waals surface area contributed by atoms with Crippen LogP contribution in [0.15, 0.2) is 40.2 Å². The first-order valence-electron chi connectivity index (χ1n) is 11.0. The third-order valence-electron chi connectivity index (χ3n) is 6.46. The second kappa shape index (κ2) is 8.91. The van der Waals surface area contributed by atoms with Gasteiger partial charge in [-0.2, -0.15) is 4.31 Å². The molecule has 3 aromatic rings. The number of benzene rings is 2.